The van der Waals surface area contributed by atoms with Crippen molar-refractivity contribution in [2.75, 3.05) is 13.1 Å². The van der Waals surface area contributed by atoms with Crippen molar-refractivity contribution in [2.45, 2.75) is 39.5 Å². The molecule has 0 aliphatic rings. The summed E-state index contributed by atoms with van der Waals surface area (Å²) in [5.41, 5.74) is 1.23. The van der Waals surface area contributed by atoms with Gasteiger partial charge in [-0.25, -0.2) is 9.97 Å². The minimum atomic E-state index is -0.130. The van der Waals surface area contributed by atoms with E-state index in [2.05, 4.69) is 27.5 Å². The predicted molar refractivity (Wildman–Crippen MR) is 97.5 cm³/mol. The molecular weight excluding hydrogens is 344 g/mol. The van der Waals surface area contributed by atoms with E-state index in [1.54, 1.807) is 5.38 Å². The number of carbonyl (C=O) groups excluding carboxylic acids is 2. The highest BCUT2D eigenvalue weighted by atomic mass is 32.1. The second-order valence-electron chi connectivity index (χ2n) is 5.36. The van der Waals surface area contributed by atoms with Gasteiger partial charge in [0.1, 0.15) is 16.4 Å². The van der Waals surface area contributed by atoms with Crippen LogP contribution < -0.4 is 10.6 Å². The molecule has 130 valence electrons. The van der Waals surface area contributed by atoms with Gasteiger partial charge in [-0.15, -0.1) is 22.7 Å². The molecule has 0 aromatic carbocycles. The Bertz CT molecular complexity index is 681. The van der Waals surface area contributed by atoms with Crippen molar-refractivity contribution >= 4 is 34.5 Å². The zero-order valence-corrected chi connectivity index (χ0v) is 15.6. The predicted octanol–water partition coefficient (Wildman–Crippen LogP) is 2.87. The van der Waals surface area contributed by atoms with Crippen molar-refractivity contribution in [1.82, 2.24) is 20.6 Å². The number of nitrogens with one attached hydrogen (secondary N) is 2. The van der Waals surface area contributed by atoms with Gasteiger partial charge in [-0.1, -0.05) is 19.8 Å². The maximum absolute atomic E-state index is 12.0. The van der Waals surface area contributed by atoms with Gasteiger partial charge in [0.15, 0.2) is 0 Å². The molecular formula is C16H22N4O2S2. The van der Waals surface area contributed by atoms with Crippen molar-refractivity contribution in [3.05, 3.63) is 21.5 Å². The Kier molecular flexibility index (Phi) is 7.33. The van der Waals surface area contributed by atoms with Gasteiger partial charge >= 0.3 is 0 Å². The molecule has 0 bridgehead atoms. The van der Waals surface area contributed by atoms with Gasteiger partial charge in [-0.3, -0.25) is 9.59 Å². The van der Waals surface area contributed by atoms with Crippen molar-refractivity contribution in [1.29, 1.82) is 0 Å². The molecule has 0 aliphatic carbocycles. The van der Waals surface area contributed by atoms with Gasteiger partial charge in [0.25, 0.3) is 5.91 Å². The molecule has 24 heavy (non-hydrogen) atoms. The molecule has 0 aliphatic heterocycles. The molecule has 2 aromatic heterocycles. The summed E-state index contributed by atoms with van der Waals surface area (Å²) in [5, 5.41) is 11.0. The van der Waals surface area contributed by atoms with E-state index in [1.165, 1.54) is 29.6 Å². The lowest BCUT2D eigenvalue weighted by molar-refractivity contribution is -0.118. The minimum absolute atomic E-state index is 0.0405. The summed E-state index contributed by atoms with van der Waals surface area (Å²) in [6, 6.07) is 0. The molecule has 2 aromatic rings. The van der Waals surface area contributed by atoms with Gasteiger partial charge in [0.05, 0.1) is 5.01 Å². The molecule has 0 fully saturated rings. The lowest BCUT2D eigenvalue weighted by Crippen LogP contribution is -2.24. The third-order valence-electron chi connectivity index (χ3n) is 3.29. The minimum Gasteiger partial charge on any atom is -0.356 e. The van der Waals surface area contributed by atoms with Crippen molar-refractivity contribution < 1.29 is 9.59 Å². The summed E-state index contributed by atoms with van der Waals surface area (Å²) < 4.78 is 0. The van der Waals surface area contributed by atoms with Crippen LogP contribution in [0.4, 0.5) is 0 Å². The Morgan fingerprint density at radius 2 is 1.92 bits per heavy atom. The van der Waals surface area contributed by atoms with Gasteiger partial charge in [-0.05, 0) is 6.42 Å². The maximum Gasteiger partial charge on any atom is 0.270 e. The number of hydrogen-bond acceptors (Lipinski definition) is 6. The molecule has 0 saturated heterocycles. The van der Waals surface area contributed by atoms with Gasteiger partial charge < -0.3 is 10.6 Å². The molecule has 0 atom stereocenters. The third-order valence-corrected chi connectivity index (χ3v) is 5.06. The van der Waals surface area contributed by atoms with E-state index in [0.29, 0.717) is 25.2 Å². The van der Waals surface area contributed by atoms with Gasteiger partial charge in [0, 0.05) is 37.2 Å². The van der Waals surface area contributed by atoms with Crippen molar-refractivity contribution in [3.63, 3.8) is 0 Å². The lowest BCUT2D eigenvalue weighted by Gasteiger charge is -2.01. The van der Waals surface area contributed by atoms with E-state index >= 15 is 0 Å². The number of aromatic nitrogens is 2. The Balaban J connectivity index is 1.89. The van der Waals surface area contributed by atoms with E-state index in [0.717, 1.165) is 35.0 Å². The summed E-state index contributed by atoms with van der Waals surface area (Å²) in [5.74, 6) is -0.170. The standard InChI is InChI=1S/C16H22N4O2S2/c1-3-4-5-7-18-15(22)12-9-24-16(20-12)13-10-23-14(19-13)6-8-17-11(2)21/h9-10H,3-8H2,1-2H3,(H,17,21)(H,18,22). The van der Waals surface area contributed by atoms with Crippen LogP contribution in [0.1, 0.15) is 48.6 Å². The first kappa shape index (κ1) is 18.5. The van der Waals surface area contributed by atoms with Crippen molar-refractivity contribution in [2.24, 2.45) is 0 Å². The number of unbranched alkanes of at least 4 members (excludes halogenated alkanes) is 2. The second-order valence-corrected chi connectivity index (χ2v) is 7.16. The molecule has 2 amide bonds. The Hall–Kier alpha value is -1.80. The van der Waals surface area contributed by atoms with E-state index in [4.69, 9.17) is 0 Å². The number of amides is 2. The monoisotopic (exact) mass is 366 g/mol. The van der Waals surface area contributed by atoms with Crippen LogP contribution in [0.5, 0.6) is 0 Å². The summed E-state index contributed by atoms with van der Waals surface area (Å²) in [6.45, 7) is 4.89. The zero-order chi connectivity index (χ0) is 17.4. The summed E-state index contributed by atoms with van der Waals surface area (Å²) >= 11 is 2.96. The average Bonchev–Trinajstić information content (AvgIpc) is 3.20. The molecule has 0 spiro atoms. The highest BCUT2D eigenvalue weighted by Gasteiger charge is 2.13. The number of carbonyl (C=O) groups is 2. The number of hydrogen-bond donors (Lipinski definition) is 2. The normalized spacial score (nSPS) is 10.6. The summed E-state index contributed by atoms with van der Waals surface area (Å²) in [7, 11) is 0. The SMILES string of the molecule is CCCCCNC(=O)c1csc(-c2csc(CCNC(C)=O)n2)n1. The topological polar surface area (TPSA) is 84.0 Å². The van der Waals surface area contributed by atoms with E-state index in [9.17, 15) is 9.59 Å². The smallest absolute Gasteiger partial charge is 0.270 e. The van der Waals surface area contributed by atoms with Crippen LogP contribution in [-0.4, -0.2) is 34.9 Å². The van der Waals surface area contributed by atoms with E-state index in [1.807, 2.05) is 5.38 Å². The van der Waals surface area contributed by atoms with E-state index < -0.39 is 0 Å². The van der Waals surface area contributed by atoms with Crippen molar-refractivity contribution in [3.8, 4) is 10.7 Å². The van der Waals surface area contributed by atoms with Crippen LogP contribution in [0.25, 0.3) is 10.7 Å². The van der Waals surface area contributed by atoms with Crippen LogP contribution in [0, 0.1) is 0 Å². The fourth-order valence-electron chi connectivity index (χ4n) is 2.03. The average molecular weight is 367 g/mol. The first-order valence-corrected chi connectivity index (χ1v) is 9.79. The Morgan fingerprint density at radius 3 is 2.67 bits per heavy atom. The van der Waals surface area contributed by atoms with Crippen LogP contribution in [0.2, 0.25) is 0 Å². The second kappa shape index (κ2) is 9.48. The third kappa shape index (κ3) is 5.68. The highest BCUT2D eigenvalue weighted by molar-refractivity contribution is 7.14. The number of rotatable bonds is 9. The molecule has 0 unspecified atom stereocenters. The Labute approximate surface area is 149 Å². The molecule has 6 nitrogen and oxygen atoms in total. The molecule has 0 radical (unpaired) electrons. The molecule has 2 rings (SSSR count). The largest absolute Gasteiger partial charge is 0.356 e. The molecule has 8 heteroatoms. The van der Waals surface area contributed by atoms with Gasteiger partial charge in [-0.2, -0.15) is 0 Å². The van der Waals surface area contributed by atoms with E-state index in [-0.39, 0.29) is 11.8 Å². The molecule has 2 N–H and O–H groups in total. The fourth-order valence-corrected chi connectivity index (χ4v) is 3.65. The first-order chi connectivity index (χ1) is 11.6. The Morgan fingerprint density at radius 1 is 1.08 bits per heavy atom. The number of thiazole rings is 2. The van der Waals surface area contributed by atoms with Crippen LogP contribution in [0.3, 0.4) is 0 Å². The number of nitrogens with zero attached hydrogens (tertiary/aromatic N) is 2. The van der Waals surface area contributed by atoms with Crippen LogP contribution >= 0.6 is 22.7 Å². The maximum atomic E-state index is 12.0. The van der Waals surface area contributed by atoms with Crippen LogP contribution in [-0.2, 0) is 11.2 Å². The van der Waals surface area contributed by atoms with Crippen LogP contribution in [0.15, 0.2) is 10.8 Å². The highest BCUT2D eigenvalue weighted by Crippen LogP contribution is 2.25. The first-order valence-electron chi connectivity index (χ1n) is 8.03. The lowest BCUT2D eigenvalue weighted by atomic mass is 10.2. The molecule has 2 heterocycles. The quantitative estimate of drug-likeness (QED) is 0.669. The summed E-state index contributed by atoms with van der Waals surface area (Å²) in [4.78, 5) is 31.8. The molecule has 0 saturated carbocycles. The zero-order valence-electron chi connectivity index (χ0n) is 13.9. The summed E-state index contributed by atoms with van der Waals surface area (Å²) in [6.07, 6.45) is 3.93. The fraction of sp³-hybridized carbons (Fsp3) is 0.500. The van der Waals surface area contributed by atoms with Gasteiger partial charge in [0.2, 0.25) is 5.91 Å².